The maximum atomic E-state index is 6.05. The fourth-order valence-electron chi connectivity index (χ4n) is 1.61. The lowest BCUT2D eigenvalue weighted by atomic mass is 10.0. The smallest absolute Gasteiger partial charge is 0.0735 e. The van der Waals surface area contributed by atoms with Crippen LogP contribution in [0, 0.1) is 0 Å². The Labute approximate surface area is 92.4 Å². The van der Waals surface area contributed by atoms with Gasteiger partial charge in [-0.25, -0.2) is 0 Å². The van der Waals surface area contributed by atoms with Gasteiger partial charge in [0.25, 0.3) is 0 Å². The normalized spacial score (nSPS) is 14.9. The number of hydrogen-bond donors (Lipinski definition) is 1. The highest BCUT2D eigenvalue weighted by Gasteiger charge is 2.13. The number of aryl methyl sites for hydroxylation is 1. The predicted octanol–water partition coefficient (Wildman–Crippen LogP) is 2.67. The Hall–Kier alpha value is -0.860. The average molecular weight is 207 g/mol. The third kappa shape index (κ3) is 3.33. The molecule has 2 atom stereocenters. The summed E-state index contributed by atoms with van der Waals surface area (Å²) in [5.41, 5.74) is 8.56. The Bertz CT molecular complexity index is 281. The molecule has 0 heterocycles. The lowest BCUT2D eigenvalue weighted by molar-refractivity contribution is 0.0956. The maximum absolute atomic E-state index is 6.05. The summed E-state index contributed by atoms with van der Waals surface area (Å²) < 4.78 is 5.22. The van der Waals surface area contributed by atoms with Crippen molar-refractivity contribution in [2.75, 3.05) is 7.11 Å². The zero-order chi connectivity index (χ0) is 11.3. The van der Waals surface area contributed by atoms with Crippen molar-refractivity contribution in [2.45, 2.75) is 38.8 Å². The molecular formula is C13H21NO. The highest BCUT2D eigenvalue weighted by atomic mass is 16.5. The second kappa shape index (κ2) is 5.89. The van der Waals surface area contributed by atoms with Crippen molar-refractivity contribution in [1.82, 2.24) is 0 Å². The van der Waals surface area contributed by atoms with Crippen molar-refractivity contribution in [3.05, 3.63) is 35.4 Å². The number of benzene rings is 1. The third-order valence-corrected chi connectivity index (χ3v) is 2.78. The number of hydrogen-bond acceptors (Lipinski definition) is 2. The van der Waals surface area contributed by atoms with E-state index in [0.29, 0.717) is 0 Å². The van der Waals surface area contributed by atoms with Gasteiger partial charge < -0.3 is 10.5 Å². The van der Waals surface area contributed by atoms with Crippen LogP contribution in [0.3, 0.4) is 0 Å². The first-order valence-corrected chi connectivity index (χ1v) is 5.56. The van der Waals surface area contributed by atoms with Crippen LogP contribution in [-0.4, -0.2) is 13.2 Å². The van der Waals surface area contributed by atoms with Crippen LogP contribution in [0.4, 0.5) is 0 Å². The lowest BCUT2D eigenvalue weighted by Crippen LogP contribution is -2.25. The Balaban J connectivity index is 2.70. The van der Waals surface area contributed by atoms with Crippen molar-refractivity contribution in [2.24, 2.45) is 5.73 Å². The highest BCUT2D eigenvalue weighted by molar-refractivity contribution is 5.25. The largest absolute Gasteiger partial charge is 0.380 e. The van der Waals surface area contributed by atoms with Crippen LogP contribution in [0.5, 0.6) is 0 Å². The summed E-state index contributed by atoms with van der Waals surface area (Å²) in [6.45, 7) is 4.18. The van der Waals surface area contributed by atoms with E-state index in [0.717, 1.165) is 12.0 Å². The zero-order valence-electron chi connectivity index (χ0n) is 9.86. The Kier molecular flexibility index (Phi) is 4.79. The van der Waals surface area contributed by atoms with Gasteiger partial charge >= 0.3 is 0 Å². The van der Waals surface area contributed by atoms with Gasteiger partial charge in [-0.05, 0) is 24.5 Å². The van der Waals surface area contributed by atoms with E-state index >= 15 is 0 Å². The molecule has 84 valence electrons. The van der Waals surface area contributed by atoms with E-state index in [4.69, 9.17) is 10.5 Å². The fourth-order valence-corrected chi connectivity index (χ4v) is 1.61. The molecule has 0 fully saturated rings. The molecule has 0 radical (unpaired) electrons. The summed E-state index contributed by atoms with van der Waals surface area (Å²) in [5.74, 6) is 0. The van der Waals surface area contributed by atoms with Gasteiger partial charge in [-0.3, -0.25) is 0 Å². The van der Waals surface area contributed by atoms with Crippen LogP contribution in [0.2, 0.25) is 0 Å². The summed E-state index contributed by atoms with van der Waals surface area (Å²) in [6, 6.07) is 8.48. The molecule has 0 bridgehead atoms. The lowest BCUT2D eigenvalue weighted by Gasteiger charge is -2.18. The molecule has 0 saturated heterocycles. The van der Waals surface area contributed by atoms with Gasteiger partial charge in [0.2, 0.25) is 0 Å². The van der Waals surface area contributed by atoms with E-state index in [1.807, 2.05) is 6.92 Å². The van der Waals surface area contributed by atoms with E-state index < -0.39 is 0 Å². The molecule has 15 heavy (non-hydrogen) atoms. The van der Waals surface area contributed by atoms with Crippen molar-refractivity contribution >= 4 is 0 Å². The maximum Gasteiger partial charge on any atom is 0.0735 e. The van der Waals surface area contributed by atoms with E-state index in [9.17, 15) is 0 Å². The molecule has 0 aliphatic carbocycles. The molecule has 1 aromatic carbocycles. The number of nitrogens with two attached hydrogens (primary N) is 1. The number of methoxy groups -OCH3 is 1. The van der Waals surface area contributed by atoms with Crippen molar-refractivity contribution in [3.8, 4) is 0 Å². The SMILES string of the molecule is CCCc1ccc(C(N)C(C)OC)cc1. The second-order valence-electron chi connectivity index (χ2n) is 3.96. The van der Waals surface area contributed by atoms with Crippen LogP contribution < -0.4 is 5.73 Å². The molecule has 2 nitrogen and oxygen atoms in total. The van der Waals surface area contributed by atoms with Gasteiger partial charge in [-0.1, -0.05) is 37.6 Å². The summed E-state index contributed by atoms with van der Waals surface area (Å²) in [7, 11) is 1.69. The fraction of sp³-hybridized carbons (Fsp3) is 0.538. The summed E-state index contributed by atoms with van der Waals surface area (Å²) in [6.07, 6.45) is 2.37. The molecule has 1 aromatic rings. The first kappa shape index (κ1) is 12.2. The van der Waals surface area contributed by atoms with Gasteiger partial charge in [-0.2, -0.15) is 0 Å². The van der Waals surface area contributed by atoms with Gasteiger partial charge in [0.15, 0.2) is 0 Å². The molecule has 0 amide bonds. The van der Waals surface area contributed by atoms with Gasteiger partial charge in [-0.15, -0.1) is 0 Å². The topological polar surface area (TPSA) is 35.2 Å². The quantitative estimate of drug-likeness (QED) is 0.805. The van der Waals surface area contributed by atoms with Crippen LogP contribution in [0.25, 0.3) is 0 Å². The minimum Gasteiger partial charge on any atom is -0.380 e. The monoisotopic (exact) mass is 207 g/mol. The standard InChI is InChI=1S/C13H21NO/c1-4-5-11-6-8-12(9-7-11)13(14)10(2)15-3/h6-10,13H,4-5,14H2,1-3H3. The average Bonchev–Trinajstić information content (AvgIpc) is 2.28. The van der Waals surface area contributed by atoms with Gasteiger partial charge in [0.1, 0.15) is 0 Å². The number of rotatable bonds is 5. The molecule has 0 aromatic heterocycles. The first-order valence-electron chi connectivity index (χ1n) is 5.56. The molecule has 0 aliphatic heterocycles. The van der Waals surface area contributed by atoms with Gasteiger partial charge in [0.05, 0.1) is 12.1 Å². The molecule has 2 heteroatoms. The first-order chi connectivity index (χ1) is 7.19. The van der Waals surface area contributed by atoms with Crippen LogP contribution in [0.1, 0.15) is 37.4 Å². The van der Waals surface area contributed by atoms with E-state index in [-0.39, 0.29) is 12.1 Å². The van der Waals surface area contributed by atoms with Crippen LogP contribution >= 0.6 is 0 Å². The van der Waals surface area contributed by atoms with Gasteiger partial charge in [0, 0.05) is 7.11 Å². The molecule has 2 unspecified atom stereocenters. The third-order valence-electron chi connectivity index (χ3n) is 2.78. The van der Waals surface area contributed by atoms with E-state index in [2.05, 4.69) is 31.2 Å². The molecule has 0 saturated carbocycles. The summed E-state index contributed by atoms with van der Waals surface area (Å²) >= 11 is 0. The Morgan fingerprint density at radius 1 is 1.27 bits per heavy atom. The molecule has 0 aliphatic rings. The van der Waals surface area contributed by atoms with Crippen molar-refractivity contribution in [3.63, 3.8) is 0 Å². The minimum absolute atomic E-state index is 0.0364. The minimum atomic E-state index is -0.0364. The summed E-state index contributed by atoms with van der Waals surface area (Å²) in [5, 5.41) is 0. The van der Waals surface area contributed by atoms with Crippen molar-refractivity contribution < 1.29 is 4.74 Å². The van der Waals surface area contributed by atoms with Crippen molar-refractivity contribution in [1.29, 1.82) is 0 Å². The Morgan fingerprint density at radius 3 is 2.33 bits per heavy atom. The van der Waals surface area contributed by atoms with Crippen LogP contribution in [0.15, 0.2) is 24.3 Å². The van der Waals surface area contributed by atoms with E-state index in [1.54, 1.807) is 7.11 Å². The second-order valence-corrected chi connectivity index (χ2v) is 3.96. The summed E-state index contributed by atoms with van der Waals surface area (Å²) in [4.78, 5) is 0. The predicted molar refractivity (Wildman–Crippen MR) is 63.8 cm³/mol. The van der Waals surface area contributed by atoms with E-state index in [1.165, 1.54) is 12.0 Å². The highest BCUT2D eigenvalue weighted by Crippen LogP contribution is 2.17. The molecule has 1 rings (SSSR count). The molecule has 0 spiro atoms. The molecular weight excluding hydrogens is 186 g/mol. The zero-order valence-corrected chi connectivity index (χ0v) is 9.86. The number of ether oxygens (including phenoxy) is 1. The Morgan fingerprint density at radius 2 is 1.87 bits per heavy atom. The molecule has 2 N–H and O–H groups in total. The van der Waals surface area contributed by atoms with Crippen LogP contribution in [-0.2, 0) is 11.2 Å².